The Labute approximate surface area is 133 Å². The molecule has 0 unspecified atom stereocenters. The van der Waals surface area contributed by atoms with Crippen LogP contribution in [0.5, 0.6) is 0 Å². The van der Waals surface area contributed by atoms with Crippen molar-refractivity contribution in [2.45, 2.75) is 13.5 Å². The van der Waals surface area contributed by atoms with Gasteiger partial charge in [-0.1, -0.05) is 36.4 Å². The van der Waals surface area contributed by atoms with Gasteiger partial charge >= 0.3 is 0 Å². The van der Waals surface area contributed by atoms with Crippen LogP contribution in [0.1, 0.15) is 21.1 Å². The number of carbonyl (C=O) groups excluding carboxylic acids is 1. The van der Waals surface area contributed by atoms with Crippen molar-refractivity contribution < 1.29 is 4.79 Å². The topological polar surface area (TPSA) is 46.1 Å². The Kier molecular flexibility index (Phi) is 4.25. The van der Waals surface area contributed by atoms with E-state index in [-0.39, 0.29) is 5.91 Å². The van der Waals surface area contributed by atoms with Crippen molar-refractivity contribution in [2.75, 3.05) is 4.90 Å². The number of aromatic nitrogens is 2. The van der Waals surface area contributed by atoms with E-state index in [1.54, 1.807) is 16.5 Å². The molecule has 0 saturated heterocycles. The highest BCUT2D eigenvalue weighted by molar-refractivity contribution is 7.09. The van der Waals surface area contributed by atoms with Gasteiger partial charge in [-0.3, -0.25) is 9.69 Å². The molecule has 4 nitrogen and oxygen atoms in total. The summed E-state index contributed by atoms with van der Waals surface area (Å²) in [7, 11) is 0. The van der Waals surface area contributed by atoms with Gasteiger partial charge in [-0.05, 0) is 24.6 Å². The minimum atomic E-state index is -0.132. The Bertz CT molecular complexity index is 756. The summed E-state index contributed by atoms with van der Waals surface area (Å²) in [5.41, 5.74) is 1.51. The molecule has 22 heavy (non-hydrogen) atoms. The number of amides is 1. The van der Waals surface area contributed by atoms with Gasteiger partial charge in [-0.15, -0.1) is 11.3 Å². The van der Waals surface area contributed by atoms with E-state index in [4.69, 9.17) is 0 Å². The number of aryl methyl sites for hydroxylation is 1. The molecule has 1 amide bonds. The van der Waals surface area contributed by atoms with E-state index in [1.165, 1.54) is 11.3 Å². The second-order valence-corrected chi connectivity index (χ2v) is 5.88. The zero-order chi connectivity index (χ0) is 15.4. The summed E-state index contributed by atoms with van der Waals surface area (Å²) < 4.78 is 0. The van der Waals surface area contributed by atoms with Crippen LogP contribution >= 0.6 is 11.3 Å². The summed E-state index contributed by atoms with van der Waals surface area (Å²) in [4.78, 5) is 23.1. The second-order valence-electron chi connectivity index (χ2n) is 4.82. The zero-order valence-corrected chi connectivity index (χ0v) is 13.0. The van der Waals surface area contributed by atoms with E-state index in [2.05, 4.69) is 9.97 Å². The predicted molar refractivity (Wildman–Crippen MR) is 88.0 cm³/mol. The van der Waals surface area contributed by atoms with E-state index in [1.807, 2.05) is 55.5 Å². The van der Waals surface area contributed by atoms with Crippen molar-refractivity contribution in [2.24, 2.45) is 0 Å². The third-order valence-electron chi connectivity index (χ3n) is 3.19. The van der Waals surface area contributed by atoms with Crippen LogP contribution in [-0.2, 0) is 6.54 Å². The molecular weight excluding hydrogens is 294 g/mol. The third-order valence-corrected chi connectivity index (χ3v) is 3.97. The molecule has 0 aliphatic heterocycles. The van der Waals surface area contributed by atoms with E-state index in [0.717, 1.165) is 10.6 Å². The lowest BCUT2D eigenvalue weighted by atomic mass is 10.2. The average molecular weight is 309 g/mol. The molecular formula is C17H15N3OS. The van der Waals surface area contributed by atoms with Crippen molar-refractivity contribution in [1.29, 1.82) is 0 Å². The maximum absolute atomic E-state index is 12.8. The van der Waals surface area contributed by atoms with Crippen molar-refractivity contribution in [3.63, 3.8) is 0 Å². The van der Waals surface area contributed by atoms with Gasteiger partial charge in [0, 0.05) is 11.6 Å². The standard InChI is InChI=1S/C17H15N3OS/c1-13-19-15(12-22-13)17(21)20(16-9-5-6-10-18-16)11-14-7-3-2-4-8-14/h2-10,12H,11H2,1H3. The van der Waals surface area contributed by atoms with Gasteiger partial charge in [0.05, 0.1) is 11.6 Å². The summed E-state index contributed by atoms with van der Waals surface area (Å²) in [6, 6.07) is 15.4. The van der Waals surface area contributed by atoms with Gasteiger partial charge in [0.15, 0.2) is 0 Å². The Morgan fingerprint density at radius 1 is 1.14 bits per heavy atom. The zero-order valence-electron chi connectivity index (χ0n) is 12.1. The summed E-state index contributed by atoms with van der Waals surface area (Å²) in [6.07, 6.45) is 1.69. The summed E-state index contributed by atoms with van der Waals surface area (Å²) in [5.74, 6) is 0.494. The number of nitrogens with zero attached hydrogens (tertiary/aromatic N) is 3. The van der Waals surface area contributed by atoms with Crippen molar-refractivity contribution >= 4 is 23.1 Å². The Balaban J connectivity index is 1.94. The number of benzene rings is 1. The molecule has 0 spiro atoms. The van der Waals surface area contributed by atoms with Gasteiger partial charge < -0.3 is 0 Å². The van der Waals surface area contributed by atoms with Crippen LogP contribution in [-0.4, -0.2) is 15.9 Å². The monoisotopic (exact) mass is 309 g/mol. The minimum absolute atomic E-state index is 0.132. The van der Waals surface area contributed by atoms with Crippen LogP contribution in [0.15, 0.2) is 60.1 Å². The Morgan fingerprint density at radius 2 is 1.91 bits per heavy atom. The molecule has 0 fully saturated rings. The highest BCUT2D eigenvalue weighted by Gasteiger charge is 2.21. The van der Waals surface area contributed by atoms with Gasteiger partial charge in [-0.2, -0.15) is 0 Å². The van der Waals surface area contributed by atoms with Crippen molar-refractivity contribution in [1.82, 2.24) is 9.97 Å². The quantitative estimate of drug-likeness (QED) is 0.738. The van der Waals surface area contributed by atoms with Crippen molar-refractivity contribution in [3.8, 4) is 0 Å². The van der Waals surface area contributed by atoms with Crippen LogP contribution in [0.25, 0.3) is 0 Å². The summed E-state index contributed by atoms with van der Waals surface area (Å²) >= 11 is 1.47. The average Bonchev–Trinajstić information content (AvgIpc) is 3.00. The lowest BCUT2D eigenvalue weighted by molar-refractivity contribution is 0.0980. The maximum atomic E-state index is 12.8. The Hall–Kier alpha value is -2.53. The molecule has 0 bridgehead atoms. The largest absolute Gasteiger partial charge is 0.287 e. The SMILES string of the molecule is Cc1nc(C(=O)N(Cc2ccccc2)c2ccccn2)cs1. The molecule has 0 N–H and O–H groups in total. The predicted octanol–water partition coefficient (Wildman–Crippen LogP) is 3.69. The molecule has 2 heterocycles. The maximum Gasteiger partial charge on any atom is 0.279 e. The molecule has 110 valence electrons. The first-order valence-corrected chi connectivity index (χ1v) is 7.81. The summed E-state index contributed by atoms with van der Waals surface area (Å²) in [6.45, 7) is 2.36. The van der Waals surface area contributed by atoms with E-state index in [0.29, 0.717) is 18.1 Å². The van der Waals surface area contributed by atoms with Gasteiger partial charge in [0.1, 0.15) is 11.5 Å². The third kappa shape index (κ3) is 3.20. The van der Waals surface area contributed by atoms with Gasteiger partial charge in [0.25, 0.3) is 5.91 Å². The van der Waals surface area contributed by atoms with E-state index < -0.39 is 0 Å². The highest BCUT2D eigenvalue weighted by atomic mass is 32.1. The second kappa shape index (κ2) is 6.49. The van der Waals surface area contributed by atoms with Crippen LogP contribution in [0.4, 0.5) is 5.82 Å². The van der Waals surface area contributed by atoms with Crippen LogP contribution < -0.4 is 4.90 Å². The smallest absolute Gasteiger partial charge is 0.279 e. The normalized spacial score (nSPS) is 10.4. The van der Waals surface area contributed by atoms with E-state index in [9.17, 15) is 4.79 Å². The number of carbonyl (C=O) groups is 1. The lowest BCUT2D eigenvalue weighted by Gasteiger charge is -2.21. The first kappa shape index (κ1) is 14.4. The van der Waals surface area contributed by atoms with Crippen LogP contribution in [0.3, 0.4) is 0 Å². The molecule has 0 aliphatic rings. The van der Waals surface area contributed by atoms with Crippen LogP contribution in [0.2, 0.25) is 0 Å². The molecule has 0 saturated carbocycles. The number of thiazole rings is 1. The molecule has 0 atom stereocenters. The molecule has 5 heteroatoms. The number of rotatable bonds is 4. The molecule has 0 radical (unpaired) electrons. The molecule has 3 rings (SSSR count). The number of anilines is 1. The van der Waals surface area contributed by atoms with Crippen LogP contribution in [0, 0.1) is 6.92 Å². The number of hydrogen-bond donors (Lipinski definition) is 0. The molecule has 3 aromatic rings. The fraction of sp³-hybridized carbons (Fsp3) is 0.118. The first-order chi connectivity index (χ1) is 10.7. The van der Waals surface area contributed by atoms with E-state index >= 15 is 0 Å². The molecule has 0 aliphatic carbocycles. The van der Waals surface area contributed by atoms with Gasteiger partial charge in [-0.25, -0.2) is 9.97 Å². The summed E-state index contributed by atoms with van der Waals surface area (Å²) in [5, 5.41) is 2.67. The fourth-order valence-corrected chi connectivity index (χ4v) is 2.72. The minimum Gasteiger partial charge on any atom is -0.287 e. The van der Waals surface area contributed by atoms with Gasteiger partial charge in [0.2, 0.25) is 0 Å². The molecule has 1 aromatic carbocycles. The molecule has 2 aromatic heterocycles. The highest BCUT2D eigenvalue weighted by Crippen LogP contribution is 2.18. The Morgan fingerprint density at radius 3 is 2.55 bits per heavy atom. The number of hydrogen-bond acceptors (Lipinski definition) is 4. The number of pyridine rings is 1. The fourth-order valence-electron chi connectivity index (χ4n) is 2.14. The van der Waals surface area contributed by atoms with Crippen molar-refractivity contribution in [3.05, 3.63) is 76.4 Å². The lowest BCUT2D eigenvalue weighted by Crippen LogP contribution is -2.31. The first-order valence-electron chi connectivity index (χ1n) is 6.93.